The van der Waals surface area contributed by atoms with Crippen molar-refractivity contribution in [1.29, 1.82) is 0 Å². The number of nitrogens with zero attached hydrogens (tertiary/aromatic N) is 1. The van der Waals surface area contributed by atoms with E-state index in [9.17, 15) is 4.79 Å². The predicted octanol–water partition coefficient (Wildman–Crippen LogP) is 4.50. The third kappa shape index (κ3) is 4.55. The molecule has 2 aromatic rings. The maximum atomic E-state index is 11.8. The van der Waals surface area contributed by atoms with Crippen molar-refractivity contribution in [3.05, 3.63) is 45.4 Å². The summed E-state index contributed by atoms with van der Waals surface area (Å²) >= 11 is 1.32. The van der Waals surface area contributed by atoms with Crippen molar-refractivity contribution in [1.82, 2.24) is 4.98 Å². The quantitative estimate of drug-likeness (QED) is 0.756. The smallest absolute Gasteiger partial charge is 0.350 e. The Kier molecular flexibility index (Phi) is 5.42. The molecule has 0 saturated carbocycles. The van der Waals surface area contributed by atoms with Crippen LogP contribution in [0.25, 0.3) is 0 Å². The molecule has 23 heavy (non-hydrogen) atoms. The Morgan fingerprint density at radius 1 is 1.22 bits per heavy atom. The first-order valence-electron chi connectivity index (χ1n) is 7.68. The van der Waals surface area contributed by atoms with Crippen molar-refractivity contribution in [3.8, 4) is 5.75 Å². The molecule has 0 atom stereocenters. The second-order valence-corrected chi connectivity index (χ2v) is 7.39. The van der Waals surface area contributed by atoms with Crippen LogP contribution in [0.4, 0.5) is 0 Å². The fourth-order valence-corrected chi connectivity index (χ4v) is 2.97. The van der Waals surface area contributed by atoms with E-state index < -0.39 is 0 Å². The molecule has 0 bridgehead atoms. The van der Waals surface area contributed by atoms with Crippen LogP contribution in [0.15, 0.2) is 24.3 Å². The van der Waals surface area contributed by atoms with E-state index in [2.05, 4.69) is 37.9 Å². The fourth-order valence-electron chi connectivity index (χ4n) is 2.10. The predicted molar refractivity (Wildman–Crippen MR) is 92.3 cm³/mol. The summed E-state index contributed by atoms with van der Waals surface area (Å²) in [6, 6.07) is 8.08. The average molecular weight is 333 g/mol. The molecule has 0 N–H and O–H groups in total. The number of hydrogen-bond donors (Lipinski definition) is 0. The van der Waals surface area contributed by atoms with Gasteiger partial charge in [0.15, 0.2) is 0 Å². The van der Waals surface area contributed by atoms with Crippen LogP contribution in [-0.4, -0.2) is 17.6 Å². The van der Waals surface area contributed by atoms with Crippen LogP contribution in [0.2, 0.25) is 0 Å². The second-order valence-electron chi connectivity index (χ2n) is 6.31. The maximum Gasteiger partial charge on any atom is 0.350 e. The van der Waals surface area contributed by atoms with Gasteiger partial charge in [0.1, 0.15) is 22.2 Å². The van der Waals surface area contributed by atoms with Gasteiger partial charge in [0, 0.05) is 0 Å². The lowest BCUT2D eigenvalue weighted by atomic mass is 9.87. The highest BCUT2D eigenvalue weighted by Crippen LogP contribution is 2.25. The van der Waals surface area contributed by atoms with Crippen molar-refractivity contribution in [2.24, 2.45) is 0 Å². The molecule has 0 amide bonds. The molecular weight excluding hydrogens is 310 g/mol. The monoisotopic (exact) mass is 333 g/mol. The second kappa shape index (κ2) is 7.13. The Morgan fingerprint density at radius 2 is 1.87 bits per heavy atom. The van der Waals surface area contributed by atoms with Crippen LogP contribution in [0.3, 0.4) is 0 Å². The summed E-state index contributed by atoms with van der Waals surface area (Å²) in [5.74, 6) is 0.479. The fraction of sp³-hybridized carbons (Fsp3) is 0.444. The molecule has 1 aromatic carbocycles. The SMILES string of the molecule is CCOC(=O)c1sc(COc2ccc(C(C)(C)C)cc2)nc1C. The standard InChI is InChI=1S/C18H23NO3S/c1-6-21-17(20)16-12(2)19-15(23-16)11-22-14-9-7-13(8-10-14)18(3,4)5/h7-10H,6,11H2,1-5H3. The molecule has 0 spiro atoms. The Morgan fingerprint density at radius 3 is 2.43 bits per heavy atom. The minimum Gasteiger partial charge on any atom is -0.486 e. The Balaban J connectivity index is 2.01. The number of hydrogen-bond acceptors (Lipinski definition) is 5. The van der Waals surface area contributed by atoms with Gasteiger partial charge in [-0.2, -0.15) is 0 Å². The highest BCUT2D eigenvalue weighted by Gasteiger charge is 2.17. The molecule has 1 heterocycles. The average Bonchev–Trinajstić information content (AvgIpc) is 2.86. The molecule has 0 unspecified atom stereocenters. The van der Waals surface area contributed by atoms with Crippen molar-refractivity contribution in [2.75, 3.05) is 6.61 Å². The number of thiazole rings is 1. The highest BCUT2D eigenvalue weighted by atomic mass is 32.1. The lowest BCUT2D eigenvalue weighted by Crippen LogP contribution is -2.10. The summed E-state index contributed by atoms with van der Waals surface area (Å²) in [6.45, 7) is 10.8. The molecule has 0 saturated heterocycles. The molecular formula is C18H23NO3S. The van der Waals surface area contributed by atoms with Crippen LogP contribution < -0.4 is 4.74 Å². The Labute approximate surface area is 141 Å². The van der Waals surface area contributed by atoms with Crippen molar-refractivity contribution < 1.29 is 14.3 Å². The summed E-state index contributed by atoms with van der Waals surface area (Å²) in [4.78, 5) is 16.7. The lowest BCUT2D eigenvalue weighted by Gasteiger charge is -2.19. The van der Waals surface area contributed by atoms with Crippen molar-refractivity contribution in [3.63, 3.8) is 0 Å². The number of esters is 1. The van der Waals surface area contributed by atoms with Gasteiger partial charge in [-0.15, -0.1) is 11.3 Å². The van der Waals surface area contributed by atoms with E-state index in [-0.39, 0.29) is 11.4 Å². The lowest BCUT2D eigenvalue weighted by molar-refractivity contribution is 0.0531. The summed E-state index contributed by atoms with van der Waals surface area (Å²) in [5.41, 5.74) is 2.08. The molecule has 5 heteroatoms. The maximum absolute atomic E-state index is 11.8. The van der Waals surface area contributed by atoms with Gasteiger partial charge in [0.2, 0.25) is 0 Å². The first-order chi connectivity index (χ1) is 10.8. The zero-order valence-electron chi connectivity index (χ0n) is 14.3. The van der Waals surface area contributed by atoms with Gasteiger partial charge in [-0.1, -0.05) is 32.9 Å². The number of carbonyl (C=O) groups excluding carboxylic acids is 1. The summed E-state index contributed by atoms with van der Waals surface area (Å²) in [7, 11) is 0. The molecule has 0 aliphatic rings. The Hall–Kier alpha value is -1.88. The highest BCUT2D eigenvalue weighted by molar-refractivity contribution is 7.13. The van der Waals surface area contributed by atoms with Crippen LogP contribution in [0.5, 0.6) is 5.75 Å². The van der Waals surface area contributed by atoms with E-state index in [0.29, 0.717) is 23.8 Å². The van der Waals surface area contributed by atoms with E-state index in [1.807, 2.05) is 19.1 Å². The number of ether oxygens (including phenoxy) is 2. The molecule has 0 fully saturated rings. The molecule has 0 aliphatic heterocycles. The molecule has 0 radical (unpaired) electrons. The topological polar surface area (TPSA) is 48.4 Å². The van der Waals surface area contributed by atoms with Crippen LogP contribution >= 0.6 is 11.3 Å². The van der Waals surface area contributed by atoms with E-state index in [1.165, 1.54) is 16.9 Å². The van der Waals surface area contributed by atoms with Crippen molar-refractivity contribution in [2.45, 2.75) is 46.6 Å². The molecule has 4 nitrogen and oxygen atoms in total. The zero-order valence-corrected chi connectivity index (χ0v) is 15.1. The van der Waals surface area contributed by atoms with Crippen LogP contribution in [0.1, 0.15) is 53.6 Å². The van der Waals surface area contributed by atoms with Gasteiger partial charge < -0.3 is 9.47 Å². The number of rotatable bonds is 5. The number of aryl methyl sites for hydroxylation is 1. The largest absolute Gasteiger partial charge is 0.486 e. The third-order valence-corrected chi connectivity index (χ3v) is 4.50. The van der Waals surface area contributed by atoms with Gasteiger partial charge in [-0.3, -0.25) is 0 Å². The van der Waals surface area contributed by atoms with Crippen molar-refractivity contribution >= 4 is 17.3 Å². The number of benzene rings is 1. The summed E-state index contributed by atoms with van der Waals surface area (Å²) in [6.07, 6.45) is 0. The normalized spacial score (nSPS) is 11.3. The molecule has 124 valence electrons. The van der Waals surface area contributed by atoms with Crippen LogP contribution in [0, 0.1) is 6.92 Å². The van der Waals surface area contributed by atoms with Gasteiger partial charge in [-0.25, -0.2) is 9.78 Å². The van der Waals surface area contributed by atoms with Gasteiger partial charge in [-0.05, 0) is 37.0 Å². The summed E-state index contributed by atoms with van der Waals surface area (Å²) < 4.78 is 10.8. The molecule has 0 aliphatic carbocycles. The van der Waals surface area contributed by atoms with Crippen LogP contribution in [-0.2, 0) is 16.8 Å². The van der Waals surface area contributed by atoms with E-state index in [0.717, 1.165) is 10.8 Å². The van der Waals surface area contributed by atoms with E-state index >= 15 is 0 Å². The number of carbonyl (C=O) groups is 1. The van der Waals surface area contributed by atoms with E-state index in [1.54, 1.807) is 6.92 Å². The van der Waals surface area contributed by atoms with Gasteiger partial charge >= 0.3 is 5.97 Å². The molecule has 1 aromatic heterocycles. The molecule has 2 rings (SSSR count). The number of aromatic nitrogens is 1. The van der Waals surface area contributed by atoms with E-state index in [4.69, 9.17) is 9.47 Å². The summed E-state index contributed by atoms with van der Waals surface area (Å²) in [5, 5.41) is 0.769. The van der Waals surface area contributed by atoms with Gasteiger partial charge in [0.25, 0.3) is 0 Å². The zero-order chi connectivity index (χ0) is 17.0. The minimum atomic E-state index is -0.316. The third-order valence-electron chi connectivity index (χ3n) is 3.38. The Bertz CT molecular complexity index is 669. The first kappa shape index (κ1) is 17.5. The van der Waals surface area contributed by atoms with Gasteiger partial charge in [0.05, 0.1) is 12.3 Å². The minimum absolute atomic E-state index is 0.124. The first-order valence-corrected chi connectivity index (χ1v) is 8.49.